The molecular weight excluding hydrogens is 312 g/mol. The summed E-state index contributed by atoms with van der Waals surface area (Å²) in [7, 11) is 1.29. The van der Waals surface area contributed by atoms with Gasteiger partial charge in [0, 0.05) is 5.38 Å². The van der Waals surface area contributed by atoms with E-state index < -0.39 is 23.6 Å². The van der Waals surface area contributed by atoms with Crippen LogP contribution in [0.1, 0.15) is 16.1 Å². The zero-order chi connectivity index (χ0) is 15.6. The number of aromatic nitrogens is 1. The molecule has 1 aromatic carbocycles. The highest BCUT2D eigenvalue weighted by Gasteiger charge is 2.34. The summed E-state index contributed by atoms with van der Waals surface area (Å²) in [6.45, 7) is 0. The molecule has 1 aromatic heterocycles. The van der Waals surface area contributed by atoms with Gasteiger partial charge in [0.2, 0.25) is 0 Å². The second-order valence-electron chi connectivity index (χ2n) is 3.83. The fourth-order valence-corrected chi connectivity index (χ4v) is 2.20. The molecule has 0 saturated heterocycles. The standard InChI is InChI=1S/C12H8F4N2O2S/c1-20-8-3-2-6(13)4-7(8)10(19)18-11-17-9(5-21-11)12(14,15)16/h2-5H,1H3,(H,17,18,19). The molecule has 0 fully saturated rings. The summed E-state index contributed by atoms with van der Waals surface area (Å²) in [5.74, 6) is -1.38. The van der Waals surface area contributed by atoms with E-state index in [1.165, 1.54) is 13.2 Å². The first kappa shape index (κ1) is 15.2. The number of nitrogens with zero attached hydrogens (tertiary/aromatic N) is 1. The Morgan fingerprint density at radius 3 is 2.67 bits per heavy atom. The molecule has 1 N–H and O–H groups in total. The van der Waals surface area contributed by atoms with Crippen molar-refractivity contribution in [1.82, 2.24) is 4.98 Å². The molecule has 21 heavy (non-hydrogen) atoms. The molecule has 2 aromatic rings. The molecule has 0 saturated carbocycles. The number of ether oxygens (including phenoxy) is 1. The van der Waals surface area contributed by atoms with Crippen LogP contribution < -0.4 is 10.1 Å². The Morgan fingerprint density at radius 2 is 2.10 bits per heavy atom. The van der Waals surface area contributed by atoms with Crippen LogP contribution in [-0.2, 0) is 6.18 Å². The number of carbonyl (C=O) groups excluding carboxylic acids is 1. The summed E-state index contributed by atoms with van der Waals surface area (Å²) in [5.41, 5.74) is -1.24. The highest BCUT2D eigenvalue weighted by atomic mass is 32.1. The maximum Gasteiger partial charge on any atom is 0.434 e. The molecule has 1 heterocycles. The number of amides is 1. The van der Waals surface area contributed by atoms with E-state index in [9.17, 15) is 22.4 Å². The molecular formula is C12H8F4N2O2S. The van der Waals surface area contributed by atoms with Crippen molar-refractivity contribution in [3.05, 3.63) is 40.7 Å². The Hall–Kier alpha value is -2.16. The lowest BCUT2D eigenvalue weighted by molar-refractivity contribution is -0.140. The van der Waals surface area contributed by atoms with Crippen molar-refractivity contribution in [3.8, 4) is 5.75 Å². The van der Waals surface area contributed by atoms with Crippen LogP contribution in [-0.4, -0.2) is 18.0 Å². The minimum absolute atomic E-state index is 0.0986. The molecule has 0 radical (unpaired) electrons. The third-order valence-electron chi connectivity index (χ3n) is 2.42. The van der Waals surface area contributed by atoms with Crippen molar-refractivity contribution >= 4 is 22.4 Å². The topological polar surface area (TPSA) is 51.2 Å². The van der Waals surface area contributed by atoms with Gasteiger partial charge in [-0.15, -0.1) is 11.3 Å². The summed E-state index contributed by atoms with van der Waals surface area (Å²) >= 11 is 0.619. The summed E-state index contributed by atoms with van der Waals surface area (Å²) in [6, 6.07) is 3.26. The lowest BCUT2D eigenvalue weighted by atomic mass is 10.2. The fraction of sp³-hybridized carbons (Fsp3) is 0.167. The van der Waals surface area contributed by atoms with Gasteiger partial charge in [0.05, 0.1) is 12.7 Å². The van der Waals surface area contributed by atoms with Crippen LogP contribution in [0, 0.1) is 5.82 Å². The average Bonchev–Trinajstić information content (AvgIpc) is 2.87. The Kier molecular flexibility index (Phi) is 4.12. The average molecular weight is 320 g/mol. The number of carbonyl (C=O) groups is 1. The summed E-state index contributed by atoms with van der Waals surface area (Å²) in [5, 5.41) is 2.71. The maximum absolute atomic E-state index is 13.1. The summed E-state index contributed by atoms with van der Waals surface area (Å²) < 4.78 is 55.2. The van der Waals surface area contributed by atoms with Crippen LogP contribution in [0.4, 0.5) is 22.7 Å². The van der Waals surface area contributed by atoms with Crippen molar-refractivity contribution in [2.75, 3.05) is 12.4 Å². The number of rotatable bonds is 3. The minimum Gasteiger partial charge on any atom is -0.496 e. The predicted molar refractivity (Wildman–Crippen MR) is 68.0 cm³/mol. The molecule has 1 amide bonds. The number of anilines is 1. The van der Waals surface area contributed by atoms with Gasteiger partial charge in [0.1, 0.15) is 11.6 Å². The second-order valence-corrected chi connectivity index (χ2v) is 4.69. The molecule has 112 valence electrons. The van der Waals surface area contributed by atoms with E-state index in [1.54, 1.807) is 0 Å². The molecule has 9 heteroatoms. The number of alkyl halides is 3. The van der Waals surface area contributed by atoms with E-state index in [0.29, 0.717) is 11.3 Å². The molecule has 0 spiro atoms. The maximum atomic E-state index is 13.1. The van der Waals surface area contributed by atoms with Gasteiger partial charge < -0.3 is 4.74 Å². The summed E-state index contributed by atoms with van der Waals surface area (Å²) in [6.07, 6.45) is -4.59. The van der Waals surface area contributed by atoms with Gasteiger partial charge in [-0.3, -0.25) is 10.1 Å². The monoisotopic (exact) mass is 320 g/mol. The molecule has 0 aliphatic carbocycles. The van der Waals surface area contributed by atoms with Gasteiger partial charge in [0.25, 0.3) is 5.91 Å². The Bertz CT molecular complexity index is 670. The molecule has 0 bridgehead atoms. The molecule has 0 aliphatic heterocycles. The van der Waals surface area contributed by atoms with Crippen LogP contribution in [0.5, 0.6) is 5.75 Å². The Balaban J connectivity index is 2.22. The first-order valence-corrected chi connectivity index (χ1v) is 6.37. The quantitative estimate of drug-likeness (QED) is 0.880. The van der Waals surface area contributed by atoms with Crippen molar-refractivity contribution in [2.24, 2.45) is 0 Å². The zero-order valence-corrected chi connectivity index (χ0v) is 11.3. The smallest absolute Gasteiger partial charge is 0.434 e. The number of hydrogen-bond acceptors (Lipinski definition) is 4. The first-order valence-electron chi connectivity index (χ1n) is 5.49. The normalized spacial score (nSPS) is 11.3. The number of methoxy groups -OCH3 is 1. The van der Waals surface area contributed by atoms with E-state index in [1.807, 2.05) is 0 Å². The lowest BCUT2D eigenvalue weighted by Gasteiger charge is -2.07. The van der Waals surface area contributed by atoms with Crippen molar-refractivity contribution in [2.45, 2.75) is 6.18 Å². The largest absolute Gasteiger partial charge is 0.496 e. The zero-order valence-electron chi connectivity index (χ0n) is 10.5. The van der Waals surface area contributed by atoms with E-state index in [0.717, 1.165) is 17.5 Å². The van der Waals surface area contributed by atoms with E-state index >= 15 is 0 Å². The minimum atomic E-state index is -4.59. The van der Waals surface area contributed by atoms with Gasteiger partial charge >= 0.3 is 6.18 Å². The third kappa shape index (κ3) is 3.48. The number of halogens is 4. The van der Waals surface area contributed by atoms with Gasteiger partial charge in [-0.1, -0.05) is 0 Å². The van der Waals surface area contributed by atoms with Crippen LogP contribution in [0.2, 0.25) is 0 Å². The van der Waals surface area contributed by atoms with Gasteiger partial charge in [0.15, 0.2) is 10.8 Å². The van der Waals surface area contributed by atoms with Crippen LogP contribution in [0.25, 0.3) is 0 Å². The third-order valence-corrected chi connectivity index (χ3v) is 3.18. The predicted octanol–water partition coefficient (Wildman–Crippen LogP) is 3.56. The second kappa shape index (κ2) is 5.68. The Morgan fingerprint density at radius 1 is 1.38 bits per heavy atom. The van der Waals surface area contributed by atoms with Gasteiger partial charge in [-0.25, -0.2) is 9.37 Å². The highest BCUT2D eigenvalue weighted by Crippen LogP contribution is 2.32. The van der Waals surface area contributed by atoms with Crippen LogP contribution in [0.3, 0.4) is 0 Å². The molecule has 4 nitrogen and oxygen atoms in total. The van der Waals surface area contributed by atoms with Gasteiger partial charge in [-0.05, 0) is 18.2 Å². The van der Waals surface area contributed by atoms with Crippen molar-refractivity contribution in [1.29, 1.82) is 0 Å². The number of nitrogens with one attached hydrogen (secondary N) is 1. The number of benzene rings is 1. The number of thiazole rings is 1. The highest BCUT2D eigenvalue weighted by molar-refractivity contribution is 7.14. The molecule has 0 aliphatic rings. The first-order chi connectivity index (χ1) is 9.81. The van der Waals surface area contributed by atoms with Gasteiger partial charge in [-0.2, -0.15) is 13.2 Å². The molecule has 2 rings (SSSR count). The molecule has 0 atom stereocenters. The summed E-state index contributed by atoms with van der Waals surface area (Å²) in [4.78, 5) is 15.2. The van der Waals surface area contributed by atoms with Crippen LogP contribution in [0.15, 0.2) is 23.6 Å². The van der Waals surface area contributed by atoms with Crippen molar-refractivity contribution < 1.29 is 27.1 Å². The van der Waals surface area contributed by atoms with E-state index in [4.69, 9.17) is 4.74 Å². The number of hydrogen-bond donors (Lipinski definition) is 1. The molecule has 0 unspecified atom stereocenters. The Labute approximate surface area is 120 Å². The SMILES string of the molecule is COc1ccc(F)cc1C(=O)Nc1nc(C(F)(F)F)cs1. The van der Waals surface area contributed by atoms with E-state index in [2.05, 4.69) is 10.3 Å². The fourth-order valence-electron chi connectivity index (χ4n) is 1.48. The van der Waals surface area contributed by atoms with E-state index in [-0.39, 0.29) is 16.4 Å². The van der Waals surface area contributed by atoms with Crippen LogP contribution >= 0.6 is 11.3 Å². The lowest BCUT2D eigenvalue weighted by Crippen LogP contribution is -2.14. The van der Waals surface area contributed by atoms with Crippen molar-refractivity contribution in [3.63, 3.8) is 0 Å².